The van der Waals surface area contributed by atoms with Gasteiger partial charge in [0.15, 0.2) is 16.8 Å². The molecule has 0 amide bonds. The van der Waals surface area contributed by atoms with Crippen molar-refractivity contribution in [2.75, 3.05) is 11.1 Å². The Kier molecular flexibility index (Phi) is 3.56. The van der Waals surface area contributed by atoms with Gasteiger partial charge in [0.25, 0.3) is 0 Å². The molecule has 1 heterocycles. The summed E-state index contributed by atoms with van der Waals surface area (Å²) >= 11 is 1.44. The molecule has 1 atom stereocenters. The highest BCUT2D eigenvalue weighted by Crippen LogP contribution is 2.31. The van der Waals surface area contributed by atoms with E-state index >= 15 is 0 Å². The van der Waals surface area contributed by atoms with E-state index in [4.69, 9.17) is 0 Å². The van der Waals surface area contributed by atoms with E-state index in [-0.39, 0.29) is 11.2 Å². The van der Waals surface area contributed by atoms with Crippen LogP contribution in [-0.4, -0.2) is 16.5 Å². The molecule has 0 aromatic heterocycles. The lowest BCUT2D eigenvalue weighted by Crippen LogP contribution is -2.20. The first-order valence-corrected chi connectivity index (χ1v) is 6.56. The van der Waals surface area contributed by atoms with Gasteiger partial charge in [-0.15, -0.1) is 0 Å². The standard InChI is InChI=1S/C12H13F3N2S/c1-3-12(2)6-18-11(17-12)16-10-5-8(14)7(13)4-9(10)15/h4-5H,3,6H2,1-2H3,(H,16,17). The van der Waals surface area contributed by atoms with Gasteiger partial charge in [0.05, 0.1) is 11.2 Å². The summed E-state index contributed by atoms with van der Waals surface area (Å²) in [5, 5.41) is 3.23. The fraction of sp³-hybridized carbons (Fsp3) is 0.417. The number of nitrogens with one attached hydrogen (secondary N) is 1. The normalized spacial score (nSPS) is 23.1. The summed E-state index contributed by atoms with van der Waals surface area (Å²) in [6.07, 6.45) is 0.867. The van der Waals surface area contributed by atoms with Gasteiger partial charge in [0, 0.05) is 17.9 Å². The molecular weight excluding hydrogens is 261 g/mol. The predicted molar refractivity (Wildman–Crippen MR) is 68.5 cm³/mol. The van der Waals surface area contributed by atoms with Crippen LogP contribution >= 0.6 is 11.8 Å². The number of benzene rings is 1. The zero-order valence-corrected chi connectivity index (χ0v) is 10.9. The number of anilines is 1. The Hall–Kier alpha value is -1.17. The Bertz CT molecular complexity index is 504. The molecule has 0 radical (unpaired) electrons. The van der Waals surface area contributed by atoms with Crippen molar-refractivity contribution in [1.29, 1.82) is 0 Å². The molecule has 1 N–H and O–H groups in total. The Morgan fingerprint density at radius 3 is 2.56 bits per heavy atom. The van der Waals surface area contributed by atoms with E-state index in [1.165, 1.54) is 11.8 Å². The second kappa shape index (κ2) is 4.84. The molecule has 1 unspecified atom stereocenters. The van der Waals surface area contributed by atoms with Crippen LogP contribution in [0.3, 0.4) is 0 Å². The fourth-order valence-electron chi connectivity index (χ4n) is 1.51. The second-order valence-corrected chi connectivity index (χ2v) is 5.39. The van der Waals surface area contributed by atoms with Crippen molar-refractivity contribution in [3.63, 3.8) is 0 Å². The summed E-state index contributed by atoms with van der Waals surface area (Å²) in [5.74, 6) is -2.32. The fourth-order valence-corrected chi connectivity index (χ4v) is 2.70. The van der Waals surface area contributed by atoms with E-state index in [9.17, 15) is 13.2 Å². The highest BCUT2D eigenvalue weighted by atomic mass is 32.2. The number of halogens is 3. The molecule has 2 rings (SSSR count). The second-order valence-electron chi connectivity index (χ2n) is 4.43. The molecule has 0 bridgehead atoms. The average molecular weight is 274 g/mol. The van der Waals surface area contributed by atoms with Gasteiger partial charge in [-0.25, -0.2) is 13.2 Å². The van der Waals surface area contributed by atoms with Crippen LogP contribution in [0.1, 0.15) is 20.3 Å². The molecular formula is C12H13F3N2S. The first kappa shape index (κ1) is 13.3. The monoisotopic (exact) mass is 274 g/mol. The minimum Gasteiger partial charge on any atom is -0.332 e. The maximum Gasteiger partial charge on any atom is 0.161 e. The summed E-state index contributed by atoms with van der Waals surface area (Å²) in [5.41, 5.74) is -0.275. The van der Waals surface area contributed by atoms with Crippen LogP contribution in [0.2, 0.25) is 0 Å². The predicted octanol–water partition coefficient (Wildman–Crippen LogP) is 3.79. The summed E-state index contributed by atoms with van der Waals surface area (Å²) in [6, 6.07) is 1.33. The number of amidine groups is 1. The summed E-state index contributed by atoms with van der Waals surface area (Å²) < 4.78 is 39.2. The van der Waals surface area contributed by atoms with Crippen LogP contribution in [0.25, 0.3) is 0 Å². The molecule has 1 aromatic rings. The zero-order valence-electron chi connectivity index (χ0n) is 10.1. The molecule has 0 spiro atoms. The van der Waals surface area contributed by atoms with Crippen molar-refractivity contribution >= 4 is 22.6 Å². The van der Waals surface area contributed by atoms with Crippen LogP contribution < -0.4 is 5.32 Å². The molecule has 0 aliphatic carbocycles. The zero-order chi connectivity index (χ0) is 13.3. The van der Waals surface area contributed by atoms with Gasteiger partial charge in [-0.3, -0.25) is 4.99 Å². The highest BCUT2D eigenvalue weighted by Gasteiger charge is 2.29. The highest BCUT2D eigenvalue weighted by molar-refractivity contribution is 8.14. The molecule has 6 heteroatoms. The van der Waals surface area contributed by atoms with E-state index in [0.717, 1.165) is 18.2 Å². The maximum atomic E-state index is 13.4. The average Bonchev–Trinajstić information content (AvgIpc) is 2.69. The number of rotatable bonds is 2. The van der Waals surface area contributed by atoms with E-state index < -0.39 is 17.5 Å². The van der Waals surface area contributed by atoms with Crippen LogP contribution in [0, 0.1) is 17.5 Å². The quantitative estimate of drug-likeness (QED) is 0.830. The number of hydrogen-bond acceptors (Lipinski definition) is 3. The van der Waals surface area contributed by atoms with Crippen LogP contribution in [-0.2, 0) is 0 Å². The van der Waals surface area contributed by atoms with Crippen LogP contribution in [0.15, 0.2) is 17.1 Å². The van der Waals surface area contributed by atoms with Crippen molar-refractivity contribution in [1.82, 2.24) is 0 Å². The number of nitrogens with zero attached hydrogens (tertiary/aromatic N) is 1. The molecule has 0 fully saturated rings. The maximum absolute atomic E-state index is 13.4. The van der Waals surface area contributed by atoms with E-state index in [2.05, 4.69) is 10.3 Å². The van der Waals surface area contributed by atoms with Crippen LogP contribution in [0.5, 0.6) is 0 Å². The van der Waals surface area contributed by atoms with Gasteiger partial charge < -0.3 is 5.32 Å². The molecule has 1 aliphatic heterocycles. The van der Waals surface area contributed by atoms with Crippen LogP contribution in [0.4, 0.5) is 18.9 Å². The molecule has 98 valence electrons. The van der Waals surface area contributed by atoms with E-state index in [0.29, 0.717) is 11.2 Å². The first-order chi connectivity index (χ1) is 8.43. The Morgan fingerprint density at radius 1 is 1.28 bits per heavy atom. The minimum absolute atomic E-state index is 0.0968. The lowest BCUT2D eigenvalue weighted by Gasteiger charge is -2.15. The Balaban J connectivity index is 2.21. The third kappa shape index (κ3) is 2.63. The number of thioether (sulfide) groups is 1. The minimum atomic E-state index is -1.20. The molecule has 18 heavy (non-hydrogen) atoms. The van der Waals surface area contributed by atoms with Gasteiger partial charge in [0.1, 0.15) is 5.82 Å². The third-order valence-electron chi connectivity index (χ3n) is 2.90. The van der Waals surface area contributed by atoms with Gasteiger partial charge >= 0.3 is 0 Å². The van der Waals surface area contributed by atoms with Crippen molar-refractivity contribution in [3.05, 3.63) is 29.6 Å². The SMILES string of the molecule is CCC1(C)CSC(Nc2cc(F)c(F)cc2F)=N1. The molecule has 1 aliphatic rings. The van der Waals surface area contributed by atoms with Gasteiger partial charge in [-0.05, 0) is 13.3 Å². The van der Waals surface area contributed by atoms with Crippen molar-refractivity contribution < 1.29 is 13.2 Å². The van der Waals surface area contributed by atoms with Crippen molar-refractivity contribution in [2.24, 2.45) is 4.99 Å². The van der Waals surface area contributed by atoms with E-state index in [1.54, 1.807) is 0 Å². The lowest BCUT2D eigenvalue weighted by atomic mass is 10.0. The number of hydrogen-bond donors (Lipinski definition) is 1. The molecule has 0 saturated heterocycles. The van der Waals surface area contributed by atoms with Gasteiger partial charge in [-0.2, -0.15) is 0 Å². The van der Waals surface area contributed by atoms with Gasteiger partial charge in [-0.1, -0.05) is 18.7 Å². The number of aliphatic imine (C=N–C) groups is 1. The Morgan fingerprint density at radius 2 is 1.94 bits per heavy atom. The summed E-state index contributed by atoms with van der Waals surface area (Å²) in [7, 11) is 0. The topological polar surface area (TPSA) is 24.4 Å². The van der Waals surface area contributed by atoms with E-state index in [1.807, 2.05) is 13.8 Å². The Labute approximate surface area is 108 Å². The smallest absolute Gasteiger partial charge is 0.161 e. The lowest BCUT2D eigenvalue weighted by molar-refractivity contribution is 0.496. The molecule has 0 saturated carbocycles. The summed E-state index contributed by atoms with van der Waals surface area (Å²) in [4.78, 5) is 4.41. The first-order valence-electron chi connectivity index (χ1n) is 5.58. The molecule has 1 aromatic carbocycles. The molecule has 2 nitrogen and oxygen atoms in total. The third-order valence-corrected chi connectivity index (χ3v) is 4.14. The summed E-state index contributed by atoms with van der Waals surface area (Å²) in [6.45, 7) is 4.02. The van der Waals surface area contributed by atoms with Gasteiger partial charge in [0.2, 0.25) is 0 Å². The van der Waals surface area contributed by atoms with Crippen molar-refractivity contribution in [3.8, 4) is 0 Å². The largest absolute Gasteiger partial charge is 0.332 e. The van der Waals surface area contributed by atoms with Crippen molar-refractivity contribution in [2.45, 2.75) is 25.8 Å².